The maximum Gasteiger partial charge on any atom is 0.253 e. The third-order valence-electron chi connectivity index (χ3n) is 3.80. The van der Waals surface area contributed by atoms with Crippen molar-refractivity contribution in [2.75, 3.05) is 6.54 Å². The van der Waals surface area contributed by atoms with Crippen LogP contribution in [0.5, 0.6) is 0 Å². The summed E-state index contributed by atoms with van der Waals surface area (Å²) in [7, 11) is 0. The van der Waals surface area contributed by atoms with E-state index >= 15 is 0 Å². The normalized spacial score (nSPS) is 13.8. The molecular formula is C16H16ClN3O. The first-order valence-corrected chi connectivity index (χ1v) is 7.26. The number of nitrogens with zero attached hydrogens (tertiary/aromatic N) is 1. The van der Waals surface area contributed by atoms with Gasteiger partial charge in [0.2, 0.25) is 0 Å². The summed E-state index contributed by atoms with van der Waals surface area (Å²) >= 11 is 6.34. The van der Waals surface area contributed by atoms with Gasteiger partial charge in [0.15, 0.2) is 0 Å². The zero-order chi connectivity index (χ0) is 15.0. The van der Waals surface area contributed by atoms with Gasteiger partial charge in [-0.1, -0.05) is 29.8 Å². The quantitative estimate of drug-likeness (QED) is 0.895. The first-order valence-electron chi connectivity index (χ1n) is 6.89. The molecule has 1 aliphatic rings. The predicted molar refractivity (Wildman–Crippen MR) is 83.3 cm³/mol. The summed E-state index contributed by atoms with van der Waals surface area (Å²) in [5, 5.41) is 3.49. The topological polar surface area (TPSA) is 68.0 Å². The van der Waals surface area contributed by atoms with Gasteiger partial charge in [-0.05, 0) is 18.6 Å². The fourth-order valence-corrected chi connectivity index (χ4v) is 3.05. The highest BCUT2D eigenvalue weighted by atomic mass is 35.5. The number of hydrogen-bond acceptors (Lipinski definition) is 3. The van der Waals surface area contributed by atoms with Crippen LogP contribution >= 0.6 is 11.6 Å². The zero-order valence-corrected chi connectivity index (χ0v) is 12.5. The third-order valence-corrected chi connectivity index (χ3v) is 4.13. The van der Waals surface area contributed by atoms with Crippen LogP contribution in [0.2, 0.25) is 5.02 Å². The number of pyridine rings is 1. The van der Waals surface area contributed by atoms with Gasteiger partial charge in [0.05, 0.1) is 11.3 Å². The van der Waals surface area contributed by atoms with Crippen LogP contribution < -0.4 is 11.1 Å². The van der Waals surface area contributed by atoms with E-state index < -0.39 is 0 Å². The van der Waals surface area contributed by atoms with Crippen molar-refractivity contribution in [3.05, 3.63) is 51.8 Å². The molecule has 0 unspecified atom stereocenters. The zero-order valence-electron chi connectivity index (χ0n) is 11.7. The number of nitrogens with one attached hydrogen (secondary N) is 1. The van der Waals surface area contributed by atoms with E-state index in [1.165, 1.54) is 0 Å². The smallest absolute Gasteiger partial charge is 0.253 e. The Kier molecular flexibility index (Phi) is 3.66. The lowest BCUT2D eigenvalue weighted by Crippen LogP contribution is -2.34. The lowest BCUT2D eigenvalue weighted by Gasteiger charge is -2.23. The highest BCUT2D eigenvalue weighted by Crippen LogP contribution is 2.36. The lowest BCUT2D eigenvalue weighted by atomic mass is 9.90. The van der Waals surface area contributed by atoms with Gasteiger partial charge in [-0.3, -0.25) is 9.78 Å². The summed E-state index contributed by atoms with van der Waals surface area (Å²) in [6.07, 6.45) is 0.726. The Hall–Kier alpha value is -1.91. The number of benzene rings is 1. The van der Waals surface area contributed by atoms with Crippen LogP contribution in [-0.4, -0.2) is 17.4 Å². The summed E-state index contributed by atoms with van der Waals surface area (Å²) in [6.45, 7) is 2.86. The molecule has 2 aromatic rings. The molecule has 1 aromatic heterocycles. The van der Waals surface area contributed by atoms with E-state index in [-0.39, 0.29) is 5.91 Å². The summed E-state index contributed by atoms with van der Waals surface area (Å²) in [5.41, 5.74) is 10.7. The largest absolute Gasteiger partial charge is 0.352 e. The fraction of sp³-hybridized carbons (Fsp3) is 0.250. The number of carbonyl (C=O) groups is 1. The predicted octanol–water partition coefficient (Wildman–Crippen LogP) is 2.46. The molecule has 0 saturated carbocycles. The van der Waals surface area contributed by atoms with E-state index in [2.05, 4.69) is 10.3 Å². The first-order chi connectivity index (χ1) is 10.1. The molecule has 0 spiro atoms. The van der Waals surface area contributed by atoms with Crippen molar-refractivity contribution in [2.45, 2.75) is 19.9 Å². The van der Waals surface area contributed by atoms with Crippen molar-refractivity contribution in [3.63, 3.8) is 0 Å². The molecular weight excluding hydrogens is 286 g/mol. The molecule has 3 rings (SSSR count). The van der Waals surface area contributed by atoms with Crippen LogP contribution in [0.15, 0.2) is 24.3 Å². The molecule has 21 heavy (non-hydrogen) atoms. The summed E-state index contributed by atoms with van der Waals surface area (Å²) in [6, 6.07) is 7.51. The van der Waals surface area contributed by atoms with Crippen LogP contribution in [0.3, 0.4) is 0 Å². The molecule has 1 aliphatic heterocycles. The van der Waals surface area contributed by atoms with Gasteiger partial charge < -0.3 is 11.1 Å². The van der Waals surface area contributed by atoms with Gasteiger partial charge in [0, 0.05) is 41.4 Å². The summed E-state index contributed by atoms with van der Waals surface area (Å²) in [5.74, 6) is -0.103. The van der Waals surface area contributed by atoms with Crippen LogP contribution in [0.4, 0.5) is 0 Å². The maximum atomic E-state index is 12.3. The first kappa shape index (κ1) is 14.0. The van der Waals surface area contributed by atoms with Crippen LogP contribution in [-0.2, 0) is 13.0 Å². The molecule has 1 amide bonds. The summed E-state index contributed by atoms with van der Waals surface area (Å²) < 4.78 is 0. The molecule has 5 heteroatoms. The van der Waals surface area contributed by atoms with E-state index in [0.717, 1.165) is 34.5 Å². The summed E-state index contributed by atoms with van der Waals surface area (Å²) in [4.78, 5) is 16.9. The average Bonchev–Trinajstić information content (AvgIpc) is 2.47. The minimum atomic E-state index is -0.103. The molecule has 0 radical (unpaired) electrons. The van der Waals surface area contributed by atoms with Crippen molar-refractivity contribution >= 4 is 17.5 Å². The van der Waals surface area contributed by atoms with Gasteiger partial charge in [-0.2, -0.15) is 0 Å². The molecule has 0 aliphatic carbocycles. The molecule has 0 atom stereocenters. The minimum absolute atomic E-state index is 0.103. The Morgan fingerprint density at radius 2 is 2.10 bits per heavy atom. The highest BCUT2D eigenvalue weighted by molar-refractivity contribution is 6.33. The Balaban J connectivity index is 2.39. The number of hydrogen-bond donors (Lipinski definition) is 2. The highest BCUT2D eigenvalue weighted by Gasteiger charge is 2.26. The van der Waals surface area contributed by atoms with Crippen molar-refractivity contribution in [2.24, 2.45) is 5.73 Å². The minimum Gasteiger partial charge on any atom is -0.352 e. The number of halogens is 1. The number of carbonyl (C=O) groups excluding carboxylic acids is 1. The fourth-order valence-electron chi connectivity index (χ4n) is 2.82. The Morgan fingerprint density at radius 3 is 2.81 bits per heavy atom. The molecule has 3 N–H and O–H groups in total. The average molecular weight is 302 g/mol. The molecule has 1 aromatic carbocycles. The van der Waals surface area contributed by atoms with E-state index in [1.54, 1.807) is 0 Å². The van der Waals surface area contributed by atoms with Crippen molar-refractivity contribution in [3.8, 4) is 11.1 Å². The van der Waals surface area contributed by atoms with Gasteiger partial charge in [-0.15, -0.1) is 0 Å². The van der Waals surface area contributed by atoms with Gasteiger partial charge in [0.25, 0.3) is 5.91 Å². The molecule has 4 nitrogen and oxygen atoms in total. The van der Waals surface area contributed by atoms with Crippen LogP contribution in [0.25, 0.3) is 11.1 Å². The number of fused-ring (bicyclic) bond motifs is 1. The molecule has 2 heterocycles. The van der Waals surface area contributed by atoms with Crippen LogP contribution in [0.1, 0.15) is 27.3 Å². The van der Waals surface area contributed by atoms with Gasteiger partial charge in [-0.25, -0.2) is 0 Å². The van der Waals surface area contributed by atoms with E-state index in [1.807, 2.05) is 31.2 Å². The van der Waals surface area contributed by atoms with E-state index in [0.29, 0.717) is 23.7 Å². The molecule has 0 fully saturated rings. The van der Waals surface area contributed by atoms with Crippen molar-refractivity contribution < 1.29 is 4.79 Å². The van der Waals surface area contributed by atoms with Gasteiger partial charge >= 0.3 is 0 Å². The number of rotatable bonds is 2. The number of aromatic nitrogens is 1. The second-order valence-corrected chi connectivity index (χ2v) is 5.47. The Morgan fingerprint density at radius 1 is 1.33 bits per heavy atom. The number of nitrogens with two attached hydrogens (primary N) is 1. The van der Waals surface area contributed by atoms with E-state index in [4.69, 9.17) is 17.3 Å². The van der Waals surface area contributed by atoms with Crippen LogP contribution in [0, 0.1) is 6.92 Å². The molecule has 108 valence electrons. The standard InChI is InChI=1S/C16H16ClN3O/c1-9-11(8-18)14(10-4-2-3-5-12(10)17)15-13(20-9)6-7-19-16(15)21/h2-5H,6-8,18H2,1H3,(H,19,21). The second kappa shape index (κ2) is 5.47. The molecule has 0 bridgehead atoms. The second-order valence-electron chi connectivity index (χ2n) is 5.06. The third kappa shape index (κ3) is 2.30. The lowest BCUT2D eigenvalue weighted by molar-refractivity contribution is 0.0945. The van der Waals surface area contributed by atoms with Gasteiger partial charge in [0.1, 0.15) is 0 Å². The SMILES string of the molecule is Cc1nc2c(c(-c3ccccc3Cl)c1CN)C(=O)NCC2. The number of aryl methyl sites for hydroxylation is 1. The monoisotopic (exact) mass is 301 g/mol. The maximum absolute atomic E-state index is 12.3. The van der Waals surface area contributed by atoms with Crippen molar-refractivity contribution in [1.29, 1.82) is 0 Å². The Labute approximate surface area is 128 Å². The number of amides is 1. The van der Waals surface area contributed by atoms with E-state index in [9.17, 15) is 4.79 Å². The molecule has 0 saturated heterocycles. The Bertz CT molecular complexity index is 728. The van der Waals surface area contributed by atoms with Crippen molar-refractivity contribution in [1.82, 2.24) is 10.3 Å².